The van der Waals surface area contributed by atoms with E-state index >= 15 is 0 Å². The topological polar surface area (TPSA) is 43.4 Å². The van der Waals surface area contributed by atoms with Crippen LogP contribution in [0.25, 0.3) is 0 Å². The molecule has 1 aliphatic rings. The smallest absolute Gasteiger partial charge is 0.0823 e. The van der Waals surface area contributed by atoms with Crippen molar-refractivity contribution in [2.75, 3.05) is 26.2 Å². The number of nitrogens with zero attached hydrogens (tertiary/aromatic N) is 1. The molecule has 0 saturated carbocycles. The lowest BCUT2D eigenvalue weighted by molar-refractivity contribution is 0.0828. The molecule has 0 spiro atoms. The van der Waals surface area contributed by atoms with E-state index in [1.807, 2.05) is 0 Å². The van der Waals surface area contributed by atoms with E-state index in [4.69, 9.17) is 0 Å². The maximum absolute atomic E-state index is 10.2. The first kappa shape index (κ1) is 11.0. The van der Waals surface area contributed by atoms with Crippen LogP contribution in [0.3, 0.4) is 0 Å². The van der Waals surface area contributed by atoms with E-state index in [0.717, 1.165) is 19.6 Å². The summed E-state index contributed by atoms with van der Waals surface area (Å²) < 4.78 is 0. The number of piperidine rings is 1. The van der Waals surface area contributed by atoms with Crippen LogP contribution in [0.15, 0.2) is 0 Å². The lowest BCUT2D eigenvalue weighted by Gasteiger charge is -2.28. The van der Waals surface area contributed by atoms with Crippen molar-refractivity contribution in [2.45, 2.75) is 38.2 Å². The normalized spacial score (nSPS) is 21.7. The molecular weight excluding hydrogens is 166 g/mol. The highest BCUT2D eigenvalue weighted by atomic mass is 16.3. The summed E-state index contributed by atoms with van der Waals surface area (Å²) in [5.74, 6) is 0. The first-order chi connectivity index (χ1) is 6.33. The largest absolute Gasteiger partial charge is 0.392 e. The Hall–Kier alpha value is -0.120. The molecule has 3 nitrogen and oxygen atoms in total. The molecule has 0 aromatic heterocycles. The molecule has 1 fully saturated rings. The molecule has 1 heterocycles. The van der Waals surface area contributed by atoms with Crippen molar-refractivity contribution < 1.29 is 10.2 Å². The summed E-state index contributed by atoms with van der Waals surface area (Å²) in [6, 6.07) is 0. The van der Waals surface area contributed by atoms with Crippen LogP contribution in [-0.2, 0) is 5.11 Å². The van der Waals surface area contributed by atoms with E-state index in [9.17, 15) is 10.2 Å². The predicted octanol–water partition coefficient (Wildman–Crippen LogP) is 1.04. The molecular formula is C10H20NO2. The summed E-state index contributed by atoms with van der Waals surface area (Å²) in [6.45, 7) is 2.94. The number of likely N-dealkylation sites (tertiary alicyclic amines) is 1. The van der Waals surface area contributed by atoms with Gasteiger partial charge in [-0.05, 0) is 38.8 Å². The molecule has 1 saturated heterocycles. The Labute approximate surface area is 80.4 Å². The lowest BCUT2D eigenvalue weighted by Crippen LogP contribution is -2.36. The maximum Gasteiger partial charge on any atom is 0.0823 e. The van der Waals surface area contributed by atoms with E-state index in [0.29, 0.717) is 12.8 Å². The van der Waals surface area contributed by atoms with Gasteiger partial charge in [0.25, 0.3) is 0 Å². The van der Waals surface area contributed by atoms with Gasteiger partial charge in [-0.25, -0.2) is 5.11 Å². The Morgan fingerprint density at radius 2 is 1.92 bits per heavy atom. The van der Waals surface area contributed by atoms with Gasteiger partial charge in [-0.2, -0.15) is 0 Å². The molecule has 1 radical (unpaired) electrons. The SMILES string of the molecule is [O]CCCC(O)CN1CCCCC1. The molecule has 0 aliphatic carbocycles. The summed E-state index contributed by atoms with van der Waals surface area (Å²) in [6.07, 6.45) is 4.83. The minimum Gasteiger partial charge on any atom is -0.392 e. The predicted molar refractivity (Wildman–Crippen MR) is 51.1 cm³/mol. The van der Waals surface area contributed by atoms with Gasteiger partial charge in [0.15, 0.2) is 0 Å². The van der Waals surface area contributed by atoms with Gasteiger partial charge in [-0.15, -0.1) is 0 Å². The van der Waals surface area contributed by atoms with Gasteiger partial charge in [0.1, 0.15) is 0 Å². The van der Waals surface area contributed by atoms with E-state index in [1.54, 1.807) is 0 Å². The molecule has 0 aromatic carbocycles. The second-order valence-corrected chi connectivity index (χ2v) is 3.86. The molecule has 1 rings (SSSR count). The molecule has 1 N–H and O–H groups in total. The van der Waals surface area contributed by atoms with Crippen LogP contribution in [-0.4, -0.2) is 42.4 Å². The number of hydrogen-bond donors (Lipinski definition) is 1. The van der Waals surface area contributed by atoms with Crippen molar-refractivity contribution in [1.82, 2.24) is 4.90 Å². The van der Waals surface area contributed by atoms with Crippen LogP contribution >= 0.6 is 0 Å². The summed E-state index contributed by atoms with van der Waals surface area (Å²) in [7, 11) is 0. The van der Waals surface area contributed by atoms with Crippen LogP contribution in [0.5, 0.6) is 0 Å². The molecule has 0 bridgehead atoms. The van der Waals surface area contributed by atoms with Gasteiger partial charge in [0, 0.05) is 6.54 Å². The maximum atomic E-state index is 10.2. The van der Waals surface area contributed by atoms with Crippen LogP contribution < -0.4 is 0 Å². The zero-order valence-electron chi connectivity index (χ0n) is 8.24. The van der Waals surface area contributed by atoms with E-state index in [2.05, 4.69) is 4.90 Å². The van der Waals surface area contributed by atoms with Crippen molar-refractivity contribution in [1.29, 1.82) is 0 Å². The van der Waals surface area contributed by atoms with Gasteiger partial charge < -0.3 is 10.0 Å². The zero-order chi connectivity index (χ0) is 9.52. The van der Waals surface area contributed by atoms with Crippen molar-refractivity contribution in [3.05, 3.63) is 0 Å². The Balaban J connectivity index is 2.07. The molecule has 3 heteroatoms. The minimum absolute atomic E-state index is 0.0585. The van der Waals surface area contributed by atoms with Crippen molar-refractivity contribution in [3.63, 3.8) is 0 Å². The van der Waals surface area contributed by atoms with E-state index in [1.165, 1.54) is 19.3 Å². The van der Waals surface area contributed by atoms with Crippen LogP contribution in [0.4, 0.5) is 0 Å². The molecule has 77 valence electrons. The van der Waals surface area contributed by atoms with Crippen LogP contribution in [0, 0.1) is 0 Å². The summed E-state index contributed by atoms with van der Waals surface area (Å²) in [5.41, 5.74) is 0. The standard InChI is InChI=1S/C10H20NO2/c12-8-4-5-10(13)9-11-6-2-1-3-7-11/h10,13H,1-9H2. The van der Waals surface area contributed by atoms with Gasteiger partial charge in [-0.3, -0.25) is 0 Å². The highest BCUT2D eigenvalue weighted by Gasteiger charge is 2.13. The highest BCUT2D eigenvalue weighted by Crippen LogP contribution is 2.10. The molecule has 13 heavy (non-hydrogen) atoms. The number of β-amino-alcohol motifs (C(OH)–C–C–N with tert-alkyl or cyclic N) is 1. The third-order valence-electron chi connectivity index (χ3n) is 2.60. The fourth-order valence-corrected chi connectivity index (χ4v) is 1.85. The second kappa shape index (κ2) is 6.35. The fraction of sp³-hybridized carbons (Fsp3) is 1.00. The van der Waals surface area contributed by atoms with Crippen molar-refractivity contribution in [2.24, 2.45) is 0 Å². The monoisotopic (exact) mass is 186 g/mol. The molecule has 1 unspecified atom stereocenters. The molecule has 1 aliphatic heterocycles. The number of aliphatic hydroxyl groups excluding tert-OH is 1. The van der Waals surface area contributed by atoms with Gasteiger partial charge in [0.2, 0.25) is 0 Å². The molecule has 1 atom stereocenters. The number of rotatable bonds is 5. The second-order valence-electron chi connectivity index (χ2n) is 3.86. The van der Waals surface area contributed by atoms with Gasteiger partial charge in [-0.1, -0.05) is 6.42 Å². The Kier molecular flexibility index (Phi) is 5.35. The average Bonchev–Trinajstić information content (AvgIpc) is 2.16. The van der Waals surface area contributed by atoms with Crippen LogP contribution in [0.1, 0.15) is 32.1 Å². The minimum atomic E-state index is -0.285. The molecule has 0 amide bonds. The van der Waals surface area contributed by atoms with Gasteiger partial charge in [0.05, 0.1) is 12.7 Å². The highest BCUT2D eigenvalue weighted by molar-refractivity contribution is 4.68. The lowest BCUT2D eigenvalue weighted by atomic mass is 10.1. The third kappa shape index (κ3) is 4.60. The van der Waals surface area contributed by atoms with Crippen molar-refractivity contribution >= 4 is 0 Å². The van der Waals surface area contributed by atoms with Crippen molar-refractivity contribution in [3.8, 4) is 0 Å². The quantitative estimate of drug-likeness (QED) is 0.697. The van der Waals surface area contributed by atoms with Crippen LogP contribution in [0.2, 0.25) is 0 Å². The molecule has 0 aromatic rings. The Morgan fingerprint density at radius 3 is 2.54 bits per heavy atom. The summed E-state index contributed by atoms with van der Waals surface area (Å²) in [4.78, 5) is 2.30. The Morgan fingerprint density at radius 1 is 1.23 bits per heavy atom. The number of aliphatic hydroxyl groups is 1. The first-order valence-electron chi connectivity index (χ1n) is 5.31. The van der Waals surface area contributed by atoms with Gasteiger partial charge >= 0.3 is 0 Å². The fourth-order valence-electron chi connectivity index (χ4n) is 1.85. The van der Waals surface area contributed by atoms with E-state index < -0.39 is 0 Å². The summed E-state index contributed by atoms with van der Waals surface area (Å²) >= 11 is 0. The average molecular weight is 186 g/mol. The Bertz CT molecular complexity index is 124. The third-order valence-corrected chi connectivity index (χ3v) is 2.60. The van der Waals surface area contributed by atoms with E-state index in [-0.39, 0.29) is 12.7 Å². The number of hydrogen-bond acceptors (Lipinski definition) is 2. The summed E-state index contributed by atoms with van der Waals surface area (Å²) in [5, 5.41) is 19.8. The first-order valence-corrected chi connectivity index (χ1v) is 5.31. The zero-order valence-corrected chi connectivity index (χ0v) is 8.24.